The Kier molecular flexibility index (Phi) is 6.79. The third-order valence-corrected chi connectivity index (χ3v) is 0.816. The Balaban J connectivity index is 0. The van der Waals surface area contributed by atoms with Gasteiger partial charge in [0, 0.05) is 0 Å². The Labute approximate surface area is 81.8 Å². The molecule has 0 saturated carbocycles. The van der Waals surface area contributed by atoms with Crippen LogP contribution in [-0.2, 0) is 4.79 Å². The van der Waals surface area contributed by atoms with Crippen molar-refractivity contribution < 1.29 is 39.5 Å². The first-order chi connectivity index (χ1) is 4.09. The monoisotopic (exact) mass is 147 g/mol. The Morgan fingerprint density at radius 1 is 1.50 bits per heavy atom. The second kappa shape index (κ2) is 5.48. The van der Waals surface area contributed by atoms with Gasteiger partial charge in [-0.15, -0.1) is 0 Å². The van der Waals surface area contributed by atoms with Crippen LogP contribution in [0.4, 0.5) is 0 Å². The van der Waals surface area contributed by atoms with Crippen molar-refractivity contribution in [3.8, 4) is 0 Å². The zero-order valence-electron chi connectivity index (χ0n) is 6.26. The first-order valence-corrected chi connectivity index (χ1v) is 2.36. The van der Waals surface area contributed by atoms with Gasteiger partial charge in [-0.25, -0.2) is 4.85 Å². The number of allylic oxidation sites excluding steroid dienone is 2. The number of nitrogens with zero attached hydrogens (tertiary/aromatic N) is 1. The van der Waals surface area contributed by atoms with Gasteiger partial charge in [0.05, 0.1) is 6.57 Å². The molecule has 0 radical (unpaired) electrons. The van der Waals surface area contributed by atoms with E-state index in [4.69, 9.17) is 6.57 Å². The van der Waals surface area contributed by atoms with Crippen molar-refractivity contribution in [2.24, 2.45) is 0 Å². The fraction of sp³-hybridized carbons (Fsp3) is 0.333. The van der Waals surface area contributed by atoms with Crippen LogP contribution in [0.15, 0.2) is 11.5 Å². The zero-order chi connectivity index (χ0) is 7.44. The van der Waals surface area contributed by atoms with Crippen molar-refractivity contribution in [1.29, 1.82) is 0 Å². The Bertz CT molecular complexity index is 202. The van der Waals surface area contributed by atoms with Crippen LogP contribution in [0.5, 0.6) is 0 Å². The number of carbonyl (C=O) groups excluding carboxylic acids is 1. The first kappa shape index (κ1) is 12.4. The Morgan fingerprint density at radius 3 is 2.00 bits per heavy atom. The standard InChI is InChI=1S/C6H7NO2.Na/c1-4(7-3)6(9)5(2)8;/h9H,1-2H3;/q;+1/p-1/b6-4-;. The molecule has 0 spiro atoms. The topological polar surface area (TPSA) is 44.5 Å². The number of hydrogen-bond donors (Lipinski definition) is 0. The van der Waals surface area contributed by atoms with Gasteiger partial charge in [0.15, 0.2) is 5.70 Å². The van der Waals surface area contributed by atoms with Gasteiger partial charge in [0.1, 0.15) is 5.78 Å². The summed E-state index contributed by atoms with van der Waals surface area (Å²) in [7, 11) is 0. The molecule has 0 N–H and O–H groups in total. The summed E-state index contributed by atoms with van der Waals surface area (Å²) in [6, 6.07) is 0. The van der Waals surface area contributed by atoms with Gasteiger partial charge in [-0.05, 0) is 13.8 Å². The summed E-state index contributed by atoms with van der Waals surface area (Å²) < 4.78 is 0. The second-order valence-electron chi connectivity index (χ2n) is 1.58. The minimum absolute atomic E-state index is 0. The van der Waals surface area contributed by atoms with Crippen LogP contribution >= 0.6 is 0 Å². The van der Waals surface area contributed by atoms with Gasteiger partial charge in [-0.3, -0.25) is 4.79 Å². The van der Waals surface area contributed by atoms with Crippen molar-refractivity contribution in [1.82, 2.24) is 0 Å². The average Bonchev–Trinajstić information content (AvgIpc) is 1.84. The van der Waals surface area contributed by atoms with E-state index in [-0.39, 0.29) is 35.3 Å². The van der Waals surface area contributed by atoms with E-state index in [0.29, 0.717) is 0 Å². The van der Waals surface area contributed by atoms with Crippen LogP contribution in [0, 0.1) is 6.57 Å². The number of carbonyl (C=O) groups is 1. The average molecular weight is 147 g/mol. The smallest absolute Gasteiger partial charge is 0.879 e. The van der Waals surface area contributed by atoms with Crippen LogP contribution in [0.3, 0.4) is 0 Å². The number of rotatable bonds is 1. The molecule has 0 aliphatic heterocycles. The molecule has 0 aromatic carbocycles. The van der Waals surface area contributed by atoms with Crippen molar-refractivity contribution in [2.75, 3.05) is 0 Å². The van der Waals surface area contributed by atoms with E-state index in [9.17, 15) is 9.90 Å². The zero-order valence-corrected chi connectivity index (χ0v) is 8.26. The van der Waals surface area contributed by atoms with Gasteiger partial charge in [0.25, 0.3) is 0 Å². The summed E-state index contributed by atoms with van der Waals surface area (Å²) in [5.41, 5.74) is -0.0671. The van der Waals surface area contributed by atoms with E-state index in [1.807, 2.05) is 0 Å². The molecule has 0 heterocycles. The predicted molar refractivity (Wildman–Crippen MR) is 30.0 cm³/mol. The number of Topliss-reactive ketones (excluding diaryl/α,β-unsaturated/α-hetero) is 1. The first-order valence-electron chi connectivity index (χ1n) is 2.36. The summed E-state index contributed by atoms with van der Waals surface area (Å²) in [5, 5.41) is 10.5. The molecular formula is C6H6NNaO2. The van der Waals surface area contributed by atoms with E-state index in [0.717, 1.165) is 6.92 Å². The molecule has 0 atom stereocenters. The molecule has 0 fully saturated rings. The number of hydrogen-bond acceptors (Lipinski definition) is 2. The van der Waals surface area contributed by atoms with Gasteiger partial charge in [-0.2, -0.15) is 0 Å². The molecule has 4 heteroatoms. The summed E-state index contributed by atoms with van der Waals surface area (Å²) in [4.78, 5) is 13.0. The van der Waals surface area contributed by atoms with Crippen molar-refractivity contribution in [3.63, 3.8) is 0 Å². The van der Waals surface area contributed by atoms with E-state index in [2.05, 4.69) is 4.85 Å². The minimum Gasteiger partial charge on any atom is -0.879 e. The summed E-state index contributed by atoms with van der Waals surface area (Å²) >= 11 is 0. The third kappa shape index (κ3) is 3.67. The number of ketones is 1. The van der Waals surface area contributed by atoms with E-state index in [1.54, 1.807) is 0 Å². The molecule has 0 rings (SSSR count). The molecule has 0 unspecified atom stereocenters. The molecule has 0 aromatic rings. The normalized spacial score (nSPS) is 10.5. The molecule has 10 heavy (non-hydrogen) atoms. The molecule has 0 saturated heterocycles. The quantitative estimate of drug-likeness (QED) is 0.173. The molecule has 3 nitrogen and oxygen atoms in total. The van der Waals surface area contributed by atoms with Gasteiger partial charge < -0.3 is 5.11 Å². The molecule has 0 amide bonds. The van der Waals surface area contributed by atoms with Gasteiger partial charge in [-0.1, -0.05) is 5.76 Å². The Morgan fingerprint density at radius 2 is 1.90 bits per heavy atom. The Hall–Kier alpha value is -0.300. The maximum Gasteiger partial charge on any atom is 1.00 e. The van der Waals surface area contributed by atoms with Crippen LogP contribution < -0.4 is 34.7 Å². The van der Waals surface area contributed by atoms with Crippen LogP contribution in [-0.4, -0.2) is 5.78 Å². The van der Waals surface area contributed by atoms with Gasteiger partial charge >= 0.3 is 29.6 Å². The molecular weight excluding hydrogens is 141 g/mol. The van der Waals surface area contributed by atoms with Crippen molar-refractivity contribution in [3.05, 3.63) is 22.9 Å². The summed E-state index contributed by atoms with van der Waals surface area (Å²) in [5.74, 6) is -1.27. The van der Waals surface area contributed by atoms with Crippen molar-refractivity contribution in [2.45, 2.75) is 13.8 Å². The SMILES string of the molecule is [C-]#[N+]/C(C)=C(\[O-])C(C)=O.[Na+]. The van der Waals surface area contributed by atoms with Crippen molar-refractivity contribution >= 4 is 5.78 Å². The van der Waals surface area contributed by atoms with Crippen LogP contribution in [0.25, 0.3) is 4.85 Å². The summed E-state index contributed by atoms with van der Waals surface area (Å²) in [6.45, 7) is 8.83. The van der Waals surface area contributed by atoms with E-state index < -0.39 is 11.5 Å². The third-order valence-electron chi connectivity index (χ3n) is 0.816. The molecule has 48 valence electrons. The minimum atomic E-state index is -0.690. The predicted octanol–water partition coefficient (Wildman–Crippen LogP) is -2.91. The second-order valence-corrected chi connectivity index (χ2v) is 1.58. The fourth-order valence-electron chi connectivity index (χ4n) is 0.306. The van der Waals surface area contributed by atoms with E-state index >= 15 is 0 Å². The molecule has 0 aromatic heterocycles. The largest absolute Gasteiger partial charge is 1.00 e. The molecule has 0 bridgehead atoms. The van der Waals surface area contributed by atoms with Crippen LogP contribution in [0.1, 0.15) is 13.8 Å². The summed E-state index contributed by atoms with van der Waals surface area (Å²) in [6.07, 6.45) is 0. The molecule has 0 aliphatic rings. The van der Waals surface area contributed by atoms with Crippen LogP contribution in [0.2, 0.25) is 0 Å². The maximum atomic E-state index is 10.5. The van der Waals surface area contributed by atoms with E-state index in [1.165, 1.54) is 6.92 Å². The van der Waals surface area contributed by atoms with Gasteiger partial charge in [0.2, 0.25) is 0 Å². The maximum absolute atomic E-state index is 10.5. The fourth-order valence-corrected chi connectivity index (χ4v) is 0.306. The molecule has 0 aliphatic carbocycles.